The van der Waals surface area contributed by atoms with Gasteiger partial charge in [-0.3, -0.25) is 4.99 Å². The fourth-order valence-corrected chi connectivity index (χ4v) is 7.62. The van der Waals surface area contributed by atoms with Crippen molar-refractivity contribution in [1.29, 1.82) is 0 Å². The first-order chi connectivity index (χ1) is 14.6. The summed E-state index contributed by atoms with van der Waals surface area (Å²) in [6, 6.07) is 0. The maximum Gasteiger partial charge on any atom is 0.0577 e. The summed E-state index contributed by atoms with van der Waals surface area (Å²) in [5.74, 6) is 6.23. The molecule has 0 bridgehead atoms. The Balaban J connectivity index is 0.00000111. The molecule has 3 nitrogen and oxygen atoms in total. The molecule has 0 amide bonds. The molecule has 3 saturated carbocycles. The van der Waals surface area contributed by atoms with Gasteiger partial charge < -0.3 is 10.8 Å². The highest BCUT2D eigenvalue weighted by Gasteiger charge is 2.50. The van der Waals surface area contributed by atoms with Crippen molar-refractivity contribution in [3.05, 3.63) is 23.4 Å². The molecule has 0 spiro atoms. The molecule has 0 aromatic heterocycles. The largest absolute Gasteiger partial charge is 0.404 e. The van der Waals surface area contributed by atoms with Crippen molar-refractivity contribution in [1.82, 2.24) is 0 Å². The predicted molar refractivity (Wildman–Crippen MR) is 135 cm³/mol. The van der Waals surface area contributed by atoms with E-state index in [2.05, 4.69) is 18.0 Å². The van der Waals surface area contributed by atoms with Crippen LogP contribution in [0.5, 0.6) is 0 Å². The molecule has 0 saturated heterocycles. The maximum absolute atomic E-state index is 10.1. The second kappa shape index (κ2) is 12.2. The Kier molecular flexibility index (Phi) is 10.3. The number of allylic oxidation sites excluding steroid dienone is 2. The van der Waals surface area contributed by atoms with E-state index in [0.717, 1.165) is 60.7 Å². The fraction of sp³-hybridized carbons (Fsp3) is 0.821. The second-order valence-corrected chi connectivity index (χ2v) is 10.2. The molecule has 3 N–H and O–H groups in total. The van der Waals surface area contributed by atoms with Gasteiger partial charge in [-0.15, -0.1) is 0 Å². The standard InChI is InChI=1S/C25H40N2O.C2H6.CH4/c1-16(3-4-17(14-26)15-27-2)20-9-10-25-22(20)11-12-23-21-8-6-19(28)13-18(21)5-7-24(23)25;1-2;/h5,14-16,19-25,28H,3-4,6-13,26H2,1-2H3;1-2H3;1H4/b17-14-,27-15?;;. The van der Waals surface area contributed by atoms with Crippen LogP contribution in [-0.4, -0.2) is 24.5 Å². The van der Waals surface area contributed by atoms with Gasteiger partial charge in [-0.1, -0.05) is 39.8 Å². The Hall–Kier alpha value is -1.09. The number of rotatable bonds is 5. The Labute approximate surface area is 192 Å². The van der Waals surface area contributed by atoms with E-state index in [1.807, 2.05) is 27.1 Å². The van der Waals surface area contributed by atoms with E-state index >= 15 is 0 Å². The molecule has 0 aromatic rings. The van der Waals surface area contributed by atoms with Crippen molar-refractivity contribution in [2.75, 3.05) is 7.05 Å². The molecule has 0 heterocycles. The molecule has 4 aliphatic carbocycles. The minimum Gasteiger partial charge on any atom is -0.404 e. The molecule has 4 rings (SSSR count). The summed E-state index contributed by atoms with van der Waals surface area (Å²) >= 11 is 0. The van der Waals surface area contributed by atoms with Crippen LogP contribution in [-0.2, 0) is 0 Å². The molecule has 8 atom stereocenters. The first-order valence-electron chi connectivity index (χ1n) is 12.8. The van der Waals surface area contributed by atoms with E-state index < -0.39 is 0 Å². The third kappa shape index (κ3) is 5.64. The smallest absolute Gasteiger partial charge is 0.0577 e. The first kappa shape index (κ1) is 26.2. The third-order valence-corrected chi connectivity index (χ3v) is 8.92. The van der Waals surface area contributed by atoms with Gasteiger partial charge in [0.1, 0.15) is 0 Å². The zero-order valence-corrected chi connectivity index (χ0v) is 19.9. The molecule has 0 radical (unpaired) electrons. The van der Waals surface area contributed by atoms with Gasteiger partial charge in [0.25, 0.3) is 0 Å². The number of fused-ring (bicyclic) bond motifs is 5. The average molecular weight is 431 g/mol. The van der Waals surface area contributed by atoms with Crippen LogP contribution in [0.25, 0.3) is 0 Å². The van der Waals surface area contributed by atoms with Crippen LogP contribution in [0.15, 0.2) is 28.4 Å². The quantitative estimate of drug-likeness (QED) is 0.373. The zero-order chi connectivity index (χ0) is 21.7. The van der Waals surface area contributed by atoms with Crippen molar-refractivity contribution < 1.29 is 5.11 Å². The molecular weight excluding hydrogens is 380 g/mol. The van der Waals surface area contributed by atoms with Gasteiger partial charge in [0, 0.05) is 13.3 Å². The second-order valence-electron chi connectivity index (χ2n) is 10.2. The van der Waals surface area contributed by atoms with E-state index in [-0.39, 0.29) is 13.5 Å². The van der Waals surface area contributed by atoms with Crippen LogP contribution in [0.1, 0.15) is 92.4 Å². The number of nitrogens with two attached hydrogens (primary N) is 1. The fourth-order valence-electron chi connectivity index (χ4n) is 7.62. The predicted octanol–water partition coefficient (Wildman–Crippen LogP) is 6.77. The van der Waals surface area contributed by atoms with Crippen LogP contribution in [0.3, 0.4) is 0 Å². The number of nitrogens with zero attached hydrogens (tertiary/aromatic N) is 1. The normalized spacial score (nSPS) is 38.0. The summed E-state index contributed by atoms with van der Waals surface area (Å²) in [6.07, 6.45) is 18.7. The van der Waals surface area contributed by atoms with Crippen LogP contribution in [0.4, 0.5) is 0 Å². The number of hydrogen-bond donors (Lipinski definition) is 2. The van der Waals surface area contributed by atoms with Gasteiger partial charge in [0.15, 0.2) is 0 Å². The number of hydrogen-bond acceptors (Lipinski definition) is 3. The van der Waals surface area contributed by atoms with Crippen LogP contribution >= 0.6 is 0 Å². The monoisotopic (exact) mass is 430 g/mol. The van der Waals surface area contributed by atoms with Gasteiger partial charge in [-0.25, -0.2) is 0 Å². The van der Waals surface area contributed by atoms with Crippen LogP contribution in [0.2, 0.25) is 0 Å². The first-order valence-corrected chi connectivity index (χ1v) is 12.8. The number of aliphatic imine (C=N–C) groups is 1. The maximum atomic E-state index is 10.1. The van der Waals surface area contributed by atoms with Gasteiger partial charge in [-0.05, 0) is 117 Å². The lowest BCUT2D eigenvalue weighted by Gasteiger charge is -2.50. The molecule has 4 aliphatic rings. The zero-order valence-electron chi connectivity index (χ0n) is 19.9. The molecular formula is C28H50N2O. The minimum absolute atomic E-state index is 0. The Bertz CT molecular complexity index is 637. The molecule has 3 heteroatoms. The van der Waals surface area contributed by atoms with Gasteiger partial charge in [0.2, 0.25) is 0 Å². The minimum atomic E-state index is -0.0719. The summed E-state index contributed by atoms with van der Waals surface area (Å²) in [4.78, 5) is 4.14. The number of aliphatic hydroxyl groups is 1. The van der Waals surface area contributed by atoms with Crippen molar-refractivity contribution >= 4 is 6.21 Å². The van der Waals surface area contributed by atoms with E-state index in [1.54, 1.807) is 11.8 Å². The van der Waals surface area contributed by atoms with E-state index in [1.165, 1.54) is 50.5 Å². The Morgan fingerprint density at radius 1 is 1.10 bits per heavy atom. The lowest BCUT2D eigenvalue weighted by molar-refractivity contribution is 0.0283. The molecule has 0 aliphatic heterocycles. The van der Waals surface area contributed by atoms with Crippen molar-refractivity contribution in [3.8, 4) is 0 Å². The van der Waals surface area contributed by atoms with Gasteiger partial charge >= 0.3 is 0 Å². The summed E-state index contributed by atoms with van der Waals surface area (Å²) in [5, 5.41) is 10.1. The van der Waals surface area contributed by atoms with Crippen molar-refractivity contribution in [2.45, 2.75) is 98.5 Å². The Morgan fingerprint density at radius 3 is 2.52 bits per heavy atom. The molecule has 0 aromatic carbocycles. The van der Waals surface area contributed by atoms with Crippen LogP contribution in [0, 0.1) is 41.4 Å². The average Bonchev–Trinajstić information content (AvgIpc) is 3.22. The summed E-state index contributed by atoms with van der Waals surface area (Å²) in [7, 11) is 1.82. The van der Waals surface area contributed by atoms with Gasteiger partial charge in [-0.2, -0.15) is 0 Å². The van der Waals surface area contributed by atoms with E-state index in [0.29, 0.717) is 0 Å². The molecule has 31 heavy (non-hydrogen) atoms. The summed E-state index contributed by atoms with van der Waals surface area (Å²) in [5.41, 5.74) is 8.55. The molecule has 178 valence electrons. The number of aliphatic hydroxyl groups excluding tert-OH is 1. The molecule has 8 unspecified atom stereocenters. The van der Waals surface area contributed by atoms with Gasteiger partial charge in [0.05, 0.1) is 6.10 Å². The summed E-state index contributed by atoms with van der Waals surface area (Å²) < 4.78 is 0. The van der Waals surface area contributed by atoms with Crippen molar-refractivity contribution in [3.63, 3.8) is 0 Å². The topological polar surface area (TPSA) is 58.6 Å². The van der Waals surface area contributed by atoms with E-state index in [9.17, 15) is 5.11 Å². The SMILES string of the molecule is C.CC.CN=C/C(=C\N)CCC(C)C1CCC2C1CCC1C3CCC(O)CC3=CCC12. The third-order valence-electron chi connectivity index (χ3n) is 8.92. The van der Waals surface area contributed by atoms with E-state index in [4.69, 9.17) is 5.73 Å². The lowest BCUT2D eigenvalue weighted by atomic mass is 9.56. The molecule has 3 fully saturated rings. The van der Waals surface area contributed by atoms with Crippen LogP contribution < -0.4 is 5.73 Å². The highest BCUT2D eigenvalue weighted by molar-refractivity contribution is 5.78. The Morgan fingerprint density at radius 2 is 1.81 bits per heavy atom. The highest BCUT2D eigenvalue weighted by atomic mass is 16.3. The summed E-state index contributed by atoms with van der Waals surface area (Å²) in [6.45, 7) is 6.48. The highest BCUT2D eigenvalue weighted by Crippen LogP contribution is 2.59. The van der Waals surface area contributed by atoms with Crippen molar-refractivity contribution in [2.24, 2.45) is 52.2 Å². The lowest BCUT2D eigenvalue weighted by Crippen LogP contribution is -2.42.